The normalized spacial score (nSPS) is 11.7. The second-order valence-corrected chi connectivity index (χ2v) is 4.87. The lowest BCUT2D eigenvalue weighted by Crippen LogP contribution is -2.33. The number of methoxy groups -OCH3 is 1. The minimum atomic E-state index is -0.209. The summed E-state index contributed by atoms with van der Waals surface area (Å²) in [5.74, 6) is 0.670. The van der Waals surface area contributed by atoms with E-state index in [1.807, 2.05) is 24.3 Å². The summed E-state index contributed by atoms with van der Waals surface area (Å²) in [7, 11) is 1.41. The Hall–Kier alpha value is -1.81. The van der Waals surface area contributed by atoms with Crippen LogP contribution in [-0.4, -0.2) is 32.3 Å². The van der Waals surface area contributed by atoms with E-state index in [-0.39, 0.29) is 12.0 Å². The lowest BCUT2D eigenvalue weighted by molar-refractivity contribution is -0.141. The molecule has 116 valence electrons. The molecule has 0 bridgehead atoms. The van der Waals surface area contributed by atoms with Gasteiger partial charge in [0.2, 0.25) is 0 Å². The summed E-state index contributed by atoms with van der Waals surface area (Å²) in [6, 6.07) is 8.04. The smallest absolute Gasteiger partial charge is 0.307 e. The van der Waals surface area contributed by atoms with Crippen molar-refractivity contribution in [1.82, 2.24) is 5.32 Å². The van der Waals surface area contributed by atoms with Gasteiger partial charge in [0.05, 0.1) is 20.1 Å². The first-order valence-corrected chi connectivity index (χ1v) is 7.32. The number of rotatable bonds is 10. The van der Waals surface area contributed by atoms with Gasteiger partial charge in [-0.1, -0.05) is 25.1 Å². The van der Waals surface area contributed by atoms with E-state index in [1.165, 1.54) is 7.11 Å². The quantitative estimate of drug-likeness (QED) is 0.532. The predicted molar refractivity (Wildman–Crippen MR) is 84.6 cm³/mol. The molecule has 0 spiro atoms. The number of benzene rings is 1. The molecule has 1 aromatic carbocycles. The predicted octanol–water partition coefficient (Wildman–Crippen LogP) is 2.73. The Morgan fingerprint density at radius 1 is 1.38 bits per heavy atom. The van der Waals surface area contributed by atoms with Gasteiger partial charge in [-0.2, -0.15) is 0 Å². The van der Waals surface area contributed by atoms with Crippen molar-refractivity contribution in [3.8, 4) is 5.75 Å². The maximum atomic E-state index is 11.4. The molecule has 0 saturated carbocycles. The van der Waals surface area contributed by atoms with Crippen LogP contribution in [0.4, 0.5) is 0 Å². The van der Waals surface area contributed by atoms with Crippen molar-refractivity contribution in [2.75, 3.05) is 20.3 Å². The molecule has 1 N–H and O–H groups in total. The zero-order valence-electron chi connectivity index (χ0n) is 12.9. The third-order valence-corrected chi connectivity index (χ3v) is 3.07. The lowest BCUT2D eigenvalue weighted by atomic mass is 10.0. The fourth-order valence-electron chi connectivity index (χ4n) is 1.98. The highest BCUT2D eigenvalue weighted by Crippen LogP contribution is 2.14. The number of esters is 1. The van der Waals surface area contributed by atoms with E-state index in [2.05, 4.69) is 18.8 Å². The van der Waals surface area contributed by atoms with Crippen molar-refractivity contribution < 1.29 is 14.3 Å². The summed E-state index contributed by atoms with van der Waals surface area (Å²) in [5, 5.41) is 3.28. The Morgan fingerprint density at radius 2 is 2.10 bits per heavy atom. The Kier molecular flexibility index (Phi) is 8.21. The van der Waals surface area contributed by atoms with Crippen molar-refractivity contribution in [3.63, 3.8) is 0 Å². The van der Waals surface area contributed by atoms with Gasteiger partial charge < -0.3 is 14.8 Å². The van der Waals surface area contributed by atoms with Gasteiger partial charge in [-0.05, 0) is 30.5 Å². The standard InChI is InChI=1S/C17H25NO3/c1-4-10-18-15(13-17(19)20-3)12-14-6-8-16(9-7-14)21-11-5-2/h4,6-9,15,18H,1,5,10-13H2,2-3H3. The highest BCUT2D eigenvalue weighted by Gasteiger charge is 2.14. The molecule has 0 aliphatic carbocycles. The average molecular weight is 291 g/mol. The van der Waals surface area contributed by atoms with Gasteiger partial charge in [-0.15, -0.1) is 6.58 Å². The summed E-state index contributed by atoms with van der Waals surface area (Å²) >= 11 is 0. The van der Waals surface area contributed by atoms with Gasteiger partial charge in [0.1, 0.15) is 5.75 Å². The molecule has 0 aliphatic rings. The van der Waals surface area contributed by atoms with Crippen LogP contribution in [0, 0.1) is 0 Å². The van der Waals surface area contributed by atoms with Crippen molar-refractivity contribution in [1.29, 1.82) is 0 Å². The number of carbonyl (C=O) groups is 1. The second-order valence-electron chi connectivity index (χ2n) is 4.87. The number of hydrogen-bond acceptors (Lipinski definition) is 4. The molecule has 1 unspecified atom stereocenters. The third kappa shape index (κ3) is 6.95. The fourth-order valence-corrected chi connectivity index (χ4v) is 1.98. The van der Waals surface area contributed by atoms with E-state index >= 15 is 0 Å². The van der Waals surface area contributed by atoms with Gasteiger partial charge in [0.15, 0.2) is 0 Å². The highest BCUT2D eigenvalue weighted by molar-refractivity contribution is 5.70. The summed E-state index contributed by atoms with van der Waals surface area (Å²) in [5.41, 5.74) is 1.16. The van der Waals surface area contributed by atoms with Gasteiger partial charge in [0.25, 0.3) is 0 Å². The summed E-state index contributed by atoms with van der Waals surface area (Å²) < 4.78 is 10.3. The summed E-state index contributed by atoms with van der Waals surface area (Å²) in [6.07, 6.45) is 3.88. The van der Waals surface area contributed by atoms with Crippen LogP contribution in [0.25, 0.3) is 0 Å². The molecule has 0 radical (unpaired) electrons. The Bertz CT molecular complexity index is 428. The largest absolute Gasteiger partial charge is 0.494 e. The molecule has 1 atom stereocenters. The molecule has 21 heavy (non-hydrogen) atoms. The molecule has 4 nitrogen and oxygen atoms in total. The van der Waals surface area contributed by atoms with Crippen LogP contribution in [0.2, 0.25) is 0 Å². The number of nitrogens with one attached hydrogen (secondary N) is 1. The average Bonchev–Trinajstić information content (AvgIpc) is 2.51. The van der Waals surface area contributed by atoms with E-state index in [0.29, 0.717) is 13.0 Å². The molecule has 0 amide bonds. The molecule has 4 heteroatoms. The van der Waals surface area contributed by atoms with Crippen molar-refractivity contribution in [2.45, 2.75) is 32.2 Å². The maximum Gasteiger partial charge on any atom is 0.307 e. The van der Waals surface area contributed by atoms with E-state index in [0.717, 1.165) is 30.8 Å². The molecule has 0 saturated heterocycles. The molecule has 0 aromatic heterocycles. The van der Waals surface area contributed by atoms with Crippen LogP contribution in [0.1, 0.15) is 25.3 Å². The first-order chi connectivity index (χ1) is 10.2. The maximum absolute atomic E-state index is 11.4. The Morgan fingerprint density at radius 3 is 2.67 bits per heavy atom. The van der Waals surface area contributed by atoms with Gasteiger partial charge in [0, 0.05) is 12.6 Å². The van der Waals surface area contributed by atoms with Crippen LogP contribution in [0.15, 0.2) is 36.9 Å². The fraction of sp³-hybridized carbons (Fsp3) is 0.471. The van der Waals surface area contributed by atoms with Gasteiger partial charge in [-0.25, -0.2) is 0 Å². The topological polar surface area (TPSA) is 47.6 Å². The SMILES string of the molecule is C=CCNC(CC(=O)OC)Cc1ccc(OCCC)cc1. The molecular weight excluding hydrogens is 266 g/mol. The van der Waals surface area contributed by atoms with Crippen molar-refractivity contribution in [2.24, 2.45) is 0 Å². The minimum Gasteiger partial charge on any atom is -0.494 e. The monoisotopic (exact) mass is 291 g/mol. The van der Waals surface area contributed by atoms with E-state index in [9.17, 15) is 4.79 Å². The van der Waals surface area contributed by atoms with Crippen LogP contribution in [0.5, 0.6) is 5.75 Å². The van der Waals surface area contributed by atoms with Gasteiger partial charge in [-0.3, -0.25) is 4.79 Å². The third-order valence-electron chi connectivity index (χ3n) is 3.07. The zero-order chi connectivity index (χ0) is 15.5. The molecule has 1 aromatic rings. The summed E-state index contributed by atoms with van der Waals surface area (Å²) in [6.45, 7) is 7.16. The zero-order valence-corrected chi connectivity index (χ0v) is 12.9. The number of hydrogen-bond donors (Lipinski definition) is 1. The van der Waals surface area contributed by atoms with Gasteiger partial charge >= 0.3 is 5.97 Å². The van der Waals surface area contributed by atoms with Crippen molar-refractivity contribution in [3.05, 3.63) is 42.5 Å². The Balaban J connectivity index is 2.59. The second kappa shape index (κ2) is 10.00. The van der Waals surface area contributed by atoms with Crippen LogP contribution in [-0.2, 0) is 16.0 Å². The molecular formula is C17H25NO3. The summed E-state index contributed by atoms with van der Waals surface area (Å²) in [4.78, 5) is 11.4. The molecule has 0 heterocycles. The minimum absolute atomic E-state index is 0.0397. The van der Waals surface area contributed by atoms with Crippen LogP contribution < -0.4 is 10.1 Å². The highest BCUT2D eigenvalue weighted by atomic mass is 16.5. The van der Waals surface area contributed by atoms with E-state index in [1.54, 1.807) is 6.08 Å². The first kappa shape index (κ1) is 17.2. The van der Waals surface area contributed by atoms with Crippen LogP contribution >= 0.6 is 0 Å². The lowest BCUT2D eigenvalue weighted by Gasteiger charge is -2.17. The first-order valence-electron chi connectivity index (χ1n) is 7.32. The van der Waals surface area contributed by atoms with E-state index in [4.69, 9.17) is 9.47 Å². The molecule has 1 rings (SSSR count). The Labute approximate surface area is 127 Å². The van der Waals surface area contributed by atoms with E-state index < -0.39 is 0 Å². The van der Waals surface area contributed by atoms with Crippen molar-refractivity contribution >= 4 is 5.97 Å². The molecule has 0 aliphatic heterocycles. The molecule has 0 fully saturated rings. The van der Waals surface area contributed by atoms with Crippen LogP contribution in [0.3, 0.4) is 0 Å². The number of ether oxygens (including phenoxy) is 2. The number of carbonyl (C=O) groups excluding carboxylic acids is 1.